The van der Waals surface area contributed by atoms with Gasteiger partial charge >= 0.3 is 11.1 Å². The van der Waals surface area contributed by atoms with Crippen LogP contribution in [0.2, 0.25) is 0 Å². The molecule has 0 amide bonds. The van der Waals surface area contributed by atoms with E-state index < -0.39 is 12.0 Å². The van der Waals surface area contributed by atoms with Crippen LogP contribution >= 0.6 is 11.3 Å². The average Bonchev–Trinajstić information content (AvgIpc) is 2.77. The summed E-state index contributed by atoms with van der Waals surface area (Å²) in [5.41, 5.74) is 2.74. The monoisotopic (exact) mass is 435 g/mol. The van der Waals surface area contributed by atoms with Gasteiger partial charge in [0.05, 0.1) is 13.7 Å². The van der Waals surface area contributed by atoms with Crippen LogP contribution in [0.25, 0.3) is 11.1 Å². The van der Waals surface area contributed by atoms with Crippen molar-refractivity contribution in [3.8, 4) is 17.0 Å². The second kappa shape index (κ2) is 8.35. The summed E-state index contributed by atoms with van der Waals surface area (Å²) in [4.78, 5) is 27.8. The SMILES string of the molecule is CCOC(=O)C1=C(C)N(C)c2sc(=O)c(-c3ccccc3)c(O)[n+]2C1c1ccccc1. The molecule has 0 spiro atoms. The molecule has 4 rings (SSSR count). The number of carbonyl (C=O) groups is 1. The average molecular weight is 436 g/mol. The maximum absolute atomic E-state index is 13.0. The number of aromatic hydroxyl groups is 1. The molecular weight excluding hydrogens is 412 g/mol. The van der Waals surface area contributed by atoms with E-state index in [0.29, 0.717) is 22.0 Å². The van der Waals surface area contributed by atoms with Crippen molar-refractivity contribution in [3.05, 3.63) is 87.0 Å². The van der Waals surface area contributed by atoms with Gasteiger partial charge in [0.15, 0.2) is 6.04 Å². The summed E-state index contributed by atoms with van der Waals surface area (Å²) >= 11 is 1.04. The summed E-state index contributed by atoms with van der Waals surface area (Å²) in [5.74, 6) is -0.629. The van der Waals surface area contributed by atoms with E-state index in [1.54, 1.807) is 35.6 Å². The Hall–Kier alpha value is -3.45. The number of ether oxygens (including phenoxy) is 1. The highest BCUT2D eigenvalue weighted by molar-refractivity contribution is 7.13. The van der Waals surface area contributed by atoms with Crippen molar-refractivity contribution in [1.82, 2.24) is 0 Å². The minimum absolute atomic E-state index is 0.181. The Morgan fingerprint density at radius 1 is 1.13 bits per heavy atom. The number of anilines is 1. The number of carbonyl (C=O) groups excluding carboxylic acids is 1. The van der Waals surface area contributed by atoms with Gasteiger partial charge in [-0.15, -0.1) is 0 Å². The molecule has 0 aliphatic carbocycles. The van der Waals surface area contributed by atoms with E-state index >= 15 is 0 Å². The van der Waals surface area contributed by atoms with E-state index in [1.165, 1.54) is 0 Å². The zero-order valence-electron chi connectivity index (χ0n) is 17.5. The van der Waals surface area contributed by atoms with Gasteiger partial charge in [-0.2, -0.15) is 4.57 Å². The number of aromatic nitrogens is 1. The van der Waals surface area contributed by atoms with Crippen molar-refractivity contribution >= 4 is 22.4 Å². The number of allylic oxidation sites excluding steroid dienone is 1. The van der Waals surface area contributed by atoms with Gasteiger partial charge in [-0.1, -0.05) is 60.7 Å². The summed E-state index contributed by atoms with van der Waals surface area (Å²) in [5, 5.41) is 11.9. The molecule has 0 fully saturated rings. The second-order valence-electron chi connectivity index (χ2n) is 7.20. The van der Waals surface area contributed by atoms with Gasteiger partial charge in [-0.25, -0.2) is 9.69 Å². The number of nitrogens with zero attached hydrogens (tertiary/aromatic N) is 2. The topological polar surface area (TPSA) is 70.7 Å². The fourth-order valence-electron chi connectivity index (χ4n) is 3.87. The van der Waals surface area contributed by atoms with E-state index in [-0.39, 0.29) is 22.8 Å². The molecular formula is C24H23N2O4S+. The summed E-state index contributed by atoms with van der Waals surface area (Å²) in [6.07, 6.45) is 0. The molecule has 1 aliphatic rings. The summed E-state index contributed by atoms with van der Waals surface area (Å²) in [6, 6.07) is 17.9. The van der Waals surface area contributed by atoms with Crippen LogP contribution < -0.4 is 14.2 Å². The third-order valence-corrected chi connectivity index (χ3v) is 6.47. The Kier molecular flexibility index (Phi) is 5.61. The van der Waals surface area contributed by atoms with Crippen LogP contribution in [0.5, 0.6) is 5.88 Å². The van der Waals surface area contributed by atoms with Gasteiger partial charge in [-0.3, -0.25) is 4.79 Å². The molecule has 31 heavy (non-hydrogen) atoms. The van der Waals surface area contributed by atoms with E-state index in [4.69, 9.17) is 4.74 Å². The Labute approximate surface area is 184 Å². The molecule has 0 radical (unpaired) electrons. The van der Waals surface area contributed by atoms with Gasteiger partial charge < -0.3 is 9.84 Å². The lowest BCUT2D eigenvalue weighted by Gasteiger charge is -2.29. The molecule has 0 saturated carbocycles. The number of hydrogen-bond donors (Lipinski definition) is 1. The highest BCUT2D eigenvalue weighted by atomic mass is 32.1. The Morgan fingerprint density at radius 3 is 2.35 bits per heavy atom. The minimum atomic E-state index is -0.634. The molecule has 1 unspecified atom stereocenters. The third kappa shape index (κ3) is 3.51. The minimum Gasteiger partial charge on any atom is -0.477 e. The van der Waals surface area contributed by atoms with Crippen LogP contribution in [-0.4, -0.2) is 24.7 Å². The lowest BCUT2D eigenvalue weighted by Crippen LogP contribution is -2.52. The largest absolute Gasteiger partial charge is 0.477 e. The molecule has 1 aromatic heterocycles. The molecule has 2 heterocycles. The molecule has 0 bridgehead atoms. The predicted molar refractivity (Wildman–Crippen MR) is 120 cm³/mol. The Morgan fingerprint density at radius 2 is 1.74 bits per heavy atom. The number of rotatable bonds is 4. The Bertz CT molecular complexity index is 1220. The fraction of sp³-hybridized carbons (Fsp3) is 0.208. The molecule has 2 aromatic carbocycles. The lowest BCUT2D eigenvalue weighted by atomic mass is 9.94. The van der Waals surface area contributed by atoms with Gasteiger partial charge in [0.1, 0.15) is 16.8 Å². The molecule has 158 valence electrons. The van der Waals surface area contributed by atoms with Gasteiger partial charge in [0, 0.05) is 5.56 Å². The van der Waals surface area contributed by atoms with Crippen LogP contribution in [0, 0.1) is 0 Å². The number of esters is 1. The highest BCUT2D eigenvalue weighted by Crippen LogP contribution is 2.38. The molecule has 1 aliphatic heterocycles. The van der Waals surface area contributed by atoms with Crippen molar-refractivity contribution in [2.45, 2.75) is 19.9 Å². The maximum atomic E-state index is 13.0. The third-order valence-electron chi connectivity index (χ3n) is 5.43. The Balaban J connectivity index is 2.06. The van der Waals surface area contributed by atoms with Crippen LogP contribution in [0.3, 0.4) is 0 Å². The zero-order chi connectivity index (χ0) is 22.1. The van der Waals surface area contributed by atoms with Crippen molar-refractivity contribution in [2.75, 3.05) is 18.6 Å². The first-order valence-electron chi connectivity index (χ1n) is 9.99. The number of fused-ring (bicyclic) bond motifs is 1. The first-order chi connectivity index (χ1) is 15.0. The number of hydrogen-bond acceptors (Lipinski definition) is 6. The fourth-order valence-corrected chi connectivity index (χ4v) is 4.91. The molecule has 0 saturated heterocycles. The number of benzene rings is 2. The molecule has 7 heteroatoms. The van der Waals surface area contributed by atoms with Crippen molar-refractivity contribution in [1.29, 1.82) is 0 Å². The maximum Gasteiger partial charge on any atom is 0.347 e. The van der Waals surface area contributed by atoms with E-state index in [2.05, 4.69) is 0 Å². The summed E-state index contributed by atoms with van der Waals surface area (Å²) in [7, 11) is 1.78. The normalized spacial score (nSPS) is 15.6. The molecule has 6 nitrogen and oxygen atoms in total. The van der Waals surface area contributed by atoms with Crippen molar-refractivity contribution in [2.24, 2.45) is 0 Å². The van der Waals surface area contributed by atoms with E-state index in [0.717, 1.165) is 16.9 Å². The molecule has 1 N–H and O–H groups in total. The van der Waals surface area contributed by atoms with Crippen molar-refractivity contribution < 1.29 is 19.2 Å². The molecule has 3 aromatic rings. The quantitative estimate of drug-likeness (QED) is 0.500. The van der Waals surface area contributed by atoms with Gasteiger partial charge in [0.2, 0.25) is 0 Å². The molecule has 1 atom stereocenters. The van der Waals surface area contributed by atoms with Crippen LogP contribution in [-0.2, 0) is 9.53 Å². The second-order valence-corrected chi connectivity index (χ2v) is 8.14. The van der Waals surface area contributed by atoms with Crippen molar-refractivity contribution in [3.63, 3.8) is 0 Å². The van der Waals surface area contributed by atoms with Crippen LogP contribution in [0.15, 0.2) is 76.7 Å². The van der Waals surface area contributed by atoms with E-state index in [1.807, 2.05) is 55.5 Å². The lowest BCUT2D eigenvalue weighted by molar-refractivity contribution is -0.697. The van der Waals surface area contributed by atoms with Crippen LogP contribution in [0.1, 0.15) is 25.5 Å². The summed E-state index contributed by atoms with van der Waals surface area (Å²) in [6.45, 7) is 3.82. The van der Waals surface area contributed by atoms with E-state index in [9.17, 15) is 14.7 Å². The van der Waals surface area contributed by atoms with Crippen LogP contribution in [0.4, 0.5) is 5.13 Å². The first-order valence-corrected chi connectivity index (χ1v) is 10.8. The van der Waals surface area contributed by atoms with Gasteiger partial charge in [0.25, 0.3) is 10.6 Å². The summed E-state index contributed by atoms with van der Waals surface area (Å²) < 4.78 is 6.78. The zero-order valence-corrected chi connectivity index (χ0v) is 18.3. The predicted octanol–water partition coefficient (Wildman–Crippen LogP) is 3.64. The highest BCUT2D eigenvalue weighted by Gasteiger charge is 2.44. The standard InChI is InChI=1S/C24H22N2O4S/c1-4-30-22(28)18-15(2)25(3)24-26(20(18)17-13-9-6-10-14-17)21(27)19(23(29)31-24)16-11-7-5-8-12-16/h5-14,20H,4H2,1-3H3/p+1. The van der Waals surface area contributed by atoms with Gasteiger partial charge in [-0.05, 0) is 30.7 Å². The first kappa shape index (κ1) is 20.8. The smallest absolute Gasteiger partial charge is 0.347 e.